The highest BCUT2D eigenvalue weighted by atomic mass is 16.2. The van der Waals surface area contributed by atoms with Crippen molar-refractivity contribution in [3.05, 3.63) is 29.8 Å². The molecule has 3 rings (SSSR count). The van der Waals surface area contributed by atoms with Gasteiger partial charge in [0.2, 0.25) is 0 Å². The number of hydrogen-bond donors (Lipinski definition) is 2. The molecule has 1 saturated carbocycles. The van der Waals surface area contributed by atoms with Crippen LogP contribution in [-0.4, -0.2) is 24.0 Å². The number of piperidine rings is 1. The molecule has 1 heterocycles. The molecular weight excluding hydrogens is 250 g/mol. The van der Waals surface area contributed by atoms with Gasteiger partial charge in [-0.1, -0.05) is 25.1 Å². The van der Waals surface area contributed by atoms with E-state index in [4.69, 9.17) is 5.73 Å². The molecule has 1 aliphatic heterocycles. The average Bonchev–Trinajstić information content (AvgIpc) is 3.20. The van der Waals surface area contributed by atoms with Crippen LogP contribution in [0.25, 0.3) is 0 Å². The van der Waals surface area contributed by atoms with Crippen LogP contribution in [-0.2, 0) is 5.54 Å². The first-order valence-corrected chi connectivity index (χ1v) is 7.53. The predicted octanol–water partition coefficient (Wildman–Crippen LogP) is 2.70. The minimum Gasteiger partial charge on any atom is -0.398 e. The third kappa shape index (κ3) is 2.47. The number of rotatable bonds is 2. The van der Waals surface area contributed by atoms with Crippen molar-refractivity contribution >= 4 is 11.7 Å². The van der Waals surface area contributed by atoms with E-state index in [1.807, 2.05) is 29.2 Å². The standard InChI is InChI=1S/C16H23N3O/c1-12-5-4-10-19(11-12)15(20)18-16(8-9-16)13-6-2-3-7-14(13)17/h2-3,6-7,12H,4-5,8-11,17H2,1H3,(H,18,20). The van der Waals surface area contributed by atoms with Crippen molar-refractivity contribution in [2.24, 2.45) is 5.92 Å². The summed E-state index contributed by atoms with van der Waals surface area (Å²) in [4.78, 5) is 14.4. The molecule has 1 aromatic rings. The minimum absolute atomic E-state index is 0.0669. The maximum absolute atomic E-state index is 12.5. The molecule has 1 unspecified atom stereocenters. The van der Waals surface area contributed by atoms with Crippen LogP contribution in [0, 0.1) is 5.92 Å². The highest BCUT2D eigenvalue weighted by Gasteiger charge is 2.47. The van der Waals surface area contributed by atoms with E-state index in [1.165, 1.54) is 6.42 Å². The van der Waals surface area contributed by atoms with Crippen LogP contribution in [0.15, 0.2) is 24.3 Å². The highest BCUT2D eigenvalue weighted by molar-refractivity contribution is 5.76. The molecule has 0 aromatic heterocycles. The summed E-state index contributed by atoms with van der Waals surface area (Å²) in [5.74, 6) is 0.603. The number of carbonyl (C=O) groups is 1. The Morgan fingerprint density at radius 1 is 1.40 bits per heavy atom. The second kappa shape index (κ2) is 5.00. The number of para-hydroxylation sites is 1. The third-order valence-corrected chi connectivity index (χ3v) is 4.52. The van der Waals surface area contributed by atoms with Crippen molar-refractivity contribution in [1.82, 2.24) is 10.2 Å². The Bertz CT molecular complexity index is 510. The molecule has 1 aliphatic carbocycles. The number of nitrogens with two attached hydrogens (primary N) is 1. The van der Waals surface area contributed by atoms with Crippen molar-refractivity contribution in [3.8, 4) is 0 Å². The Morgan fingerprint density at radius 2 is 2.15 bits per heavy atom. The monoisotopic (exact) mass is 273 g/mol. The smallest absolute Gasteiger partial charge is 0.318 e. The number of hydrogen-bond acceptors (Lipinski definition) is 2. The van der Waals surface area contributed by atoms with Gasteiger partial charge in [-0.05, 0) is 37.7 Å². The summed E-state index contributed by atoms with van der Waals surface area (Å²) in [6, 6.07) is 7.92. The topological polar surface area (TPSA) is 58.4 Å². The molecule has 4 nitrogen and oxygen atoms in total. The van der Waals surface area contributed by atoms with Crippen LogP contribution in [0.5, 0.6) is 0 Å². The molecule has 2 amide bonds. The summed E-state index contributed by atoms with van der Waals surface area (Å²) in [7, 11) is 0. The van der Waals surface area contributed by atoms with Gasteiger partial charge in [-0.2, -0.15) is 0 Å². The van der Waals surface area contributed by atoms with Crippen molar-refractivity contribution in [2.75, 3.05) is 18.8 Å². The fourth-order valence-electron chi connectivity index (χ4n) is 3.18. The molecule has 2 fully saturated rings. The molecule has 1 aromatic carbocycles. The Balaban J connectivity index is 1.71. The fraction of sp³-hybridized carbons (Fsp3) is 0.562. The van der Waals surface area contributed by atoms with Gasteiger partial charge in [-0.25, -0.2) is 4.79 Å². The van der Waals surface area contributed by atoms with Crippen LogP contribution in [0.1, 0.15) is 38.2 Å². The van der Waals surface area contributed by atoms with Crippen LogP contribution >= 0.6 is 0 Å². The van der Waals surface area contributed by atoms with Gasteiger partial charge >= 0.3 is 6.03 Å². The lowest BCUT2D eigenvalue weighted by Crippen LogP contribution is -2.48. The first kappa shape index (κ1) is 13.3. The molecule has 0 spiro atoms. The van der Waals surface area contributed by atoms with Gasteiger partial charge in [-0.3, -0.25) is 0 Å². The van der Waals surface area contributed by atoms with Gasteiger partial charge in [0.05, 0.1) is 5.54 Å². The number of nitrogen functional groups attached to an aromatic ring is 1. The third-order valence-electron chi connectivity index (χ3n) is 4.52. The Labute approximate surface area is 120 Å². The number of urea groups is 1. The number of nitrogens with zero attached hydrogens (tertiary/aromatic N) is 1. The van der Waals surface area contributed by atoms with Gasteiger partial charge in [0.25, 0.3) is 0 Å². The summed E-state index contributed by atoms with van der Waals surface area (Å²) in [6.07, 6.45) is 4.29. The molecule has 0 bridgehead atoms. The molecular formula is C16H23N3O. The molecule has 108 valence electrons. The van der Waals surface area contributed by atoms with Gasteiger partial charge < -0.3 is 16.0 Å². The lowest BCUT2D eigenvalue weighted by molar-refractivity contribution is 0.165. The van der Waals surface area contributed by atoms with Crippen molar-refractivity contribution < 1.29 is 4.79 Å². The second-order valence-corrected chi connectivity index (χ2v) is 6.29. The zero-order valence-electron chi connectivity index (χ0n) is 12.1. The van der Waals surface area contributed by atoms with Gasteiger partial charge in [0.15, 0.2) is 0 Å². The number of nitrogens with one attached hydrogen (secondary N) is 1. The van der Waals surface area contributed by atoms with Crippen LogP contribution in [0.2, 0.25) is 0 Å². The van der Waals surface area contributed by atoms with E-state index in [0.717, 1.165) is 43.6 Å². The van der Waals surface area contributed by atoms with E-state index < -0.39 is 0 Å². The van der Waals surface area contributed by atoms with E-state index in [9.17, 15) is 4.79 Å². The van der Waals surface area contributed by atoms with E-state index in [1.54, 1.807) is 0 Å². The van der Waals surface area contributed by atoms with Crippen molar-refractivity contribution in [3.63, 3.8) is 0 Å². The largest absolute Gasteiger partial charge is 0.398 e. The van der Waals surface area contributed by atoms with E-state index in [0.29, 0.717) is 5.92 Å². The molecule has 1 saturated heterocycles. The molecule has 0 radical (unpaired) electrons. The maximum Gasteiger partial charge on any atom is 0.318 e. The van der Waals surface area contributed by atoms with Gasteiger partial charge in [0, 0.05) is 24.3 Å². The number of anilines is 1. The lowest BCUT2D eigenvalue weighted by Gasteiger charge is -2.33. The van der Waals surface area contributed by atoms with Crippen molar-refractivity contribution in [1.29, 1.82) is 0 Å². The normalized spacial score (nSPS) is 24.2. The Kier molecular flexibility index (Phi) is 3.32. The van der Waals surface area contributed by atoms with E-state index in [-0.39, 0.29) is 11.6 Å². The Morgan fingerprint density at radius 3 is 2.80 bits per heavy atom. The summed E-state index contributed by atoms with van der Waals surface area (Å²) >= 11 is 0. The maximum atomic E-state index is 12.5. The summed E-state index contributed by atoms with van der Waals surface area (Å²) in [6.45, 7) is 3.95. The molecule has 1 atom stereocenters. The number of amides is 2. The van der Waals surface area contributed by atoms with Crippen LogP contribution in [0.4, 0.5) is 10.5 Å². The molecule has 3 N–H and O–H groups in total. The Hall–Kier alpha value is -1.71. The second-order valence-electron chi connectivity index (χ2n) is 6.29. The number of carbonyl (C=O) groups excluding carboxylic acids is 1. The van der Waals surface area contributed by atoms with Gasteiger partial charge in [0.1, 0.15) is 0 Å². The molecule has 4 heteroatoms. The highest BCUT2D eigenvalue weighted by Crippen LogP contribution is 2.47. The quantitative estimate of drug-likeness (QED) is 0.814. The first-order chi connectivity index (χ1) is 9.61. The summed E-state index contributed by atoms with van der Waals surface area (Å²) < 4.78 is 0. The predicted molar refractivity (Wildman–Crippen MR) is 80.3 cm³/mol. The molecule has 20 heavy (non-hydrogen) atoms. The SMILES string of the molecule is CC1CCCN(C(=O)NC2(c3ccccc3N)CC2)C1. The first-order valence-electron chi connectivity index (χ1n) is 7.53. The van der Waals surface area contributed by atoms with E-state index in [2.05, 4.69) is 12.2 Å². The van der Waals surface area contributed by atoms with Crippen LogP contribution in [0.3, 0.4) is 0 Å². The molecule has 2 aliphatic rings. The minimum atomic E-state index is -0.219. The van der Waals surface area contributed by atoms with Gasteiger partial charge in [-0.15, -0.1) is 0 Å². The number of likely N-dealkylation sites (tertiary alicyclic amines) is 1. The summed E-state index contributed by atoms with van der Waals surface area (Å²) in [5.41, 5.74) is 7.68. The van der Waals surface area contributed by atoms with Crippen molar-refractivity contribution in [2.45, 2.75) is 38.1 Å². The zero-order chi connectivity index (χ0) is 14.2. The number of benzene rings is 1. The lowest BCUT2D eigenvalue weighted by atomic mass is 10.0. The summed E-state index contributed by atoms with van der Waals surface area (Å²) in [5, 5.41) is 3.22. The average molecular weight is 273 g/mol. The zero-order valence-corrected chi connectivity index (χ0v) is 12.1. The van der Waals surface area contributed by atoms with E-state index >= 15 is 0 Å². The fourth-order valence-corrected chi connectivity index (χ4v) is 3.18. The van der Waals surface area contributed by atoms with Crippen LogP contribution < -0.4 is 11.1 Å².